The molecule has 1 amide bonds. The molecule has 0 radical (unpaired) electrons. The van der Waals surface area contributed by atoms with Crippen LogP contribution >= 0.6 is 0 Å². The van der Waals surface area contributed by atoms with Crippen molar-refractivity contribution in [2.24, 2.45) is 0 Å². The Bertz CT molecular complexity index is 996. The van der Waals surface area contributed by atoms with Gasteiger partial charge in [0.15, 0.2) is 0 Å². The number of benzene rings is 2. The lowest BCUT2D eigenvalue weighted by Crippen LogP contribution is -2.31. The van der Waals surface area contributed by atoms with Crippen molar-refractivity contribution in [2.75, 3.05) is 39.3 Å². The van der Waals surface area contributed by atoms with Crippen molar-refractivity contribution >= 4 is 16.8 Å². The maximum atomic E-state index is 13.7. The molecule has 0 atom stereocenters. The number of hydrogen-bond acceptors (Lipinski definition) is 4. The third kappa shape index (κ3) is 5.05. The van der Waals surface area contributed by atoms with Gasteiger partial charge in [-0.3, -0.25) is 4.79 Å². The van der Waals surface area contributed by atoms with Gasteiger partial charge < -0.3 is 14.5 Å². The molecule has 5 heteroatoms. The minimum Gasteiger partial charge on any atom is -0.476 e. The molecular formula is C26H33N3O2. The van der Waals surface area contributed by atoms with Gasteiger partial charge in [0.25, 0.3) is 5.91 Å². The fraction of sp³-hybridized carbons (Fsp3) is 0.385. The molecule has 0 spiro atoms. The van der Waals surface area contributed by atoms with Gasteiger partial charge >= 0.3 is 0 Å². The zero-order valence-corrected chi connectivity index (χ0v) is 19.1. The van der Waals surface area contributed by atoms with Crippen LogP contribution in [0.5, 0.6) is 5.88 Å². The van der Waals surface area contributed by atoms with Crippen LogP contribution in [-0.2, 0) is 0 Å². The van der Waals surface area contributed by atoms with Crippen molar-refractivity contribution in [1.82, 2.24) is 14.8 Å². The molecular weight excluding hydrogens is 386 g/mol. The SMILES string of the molecule is CCN(CC)CCOc1nc2ccccc2c(C(=O)N(CC)CC)c1-c1ccccc1. The smallest absolute Gasteiger partial charge is 0.255 e. The lowest BCUT2D eigenvalue weighted by atomic mass is 9.96. The van der Waals surface area contributed by atoms with Crippen LogP contribution < -0.4 is 4.74 Å². The van der Waals surface area contributed by atoms with Crippen LogP contribution in [0.25, 0.3) is 22.0 Å². The number of rotatable bonds is 10. The Kier molecular flexibility index (Phi) is 8.01. The number of aromatic nitrogens is 1. The molecule has 164 valence electrons. The summed E-state index contributed by atoms with van der Waals surface area (Å²) in [5, 5.41) is 0.856. The zero-order valence-electron chi connectivity index (χ0n) is 19.1. The number of likely N-dealkylation sites (N-methyl/N-ethyl adjacent to an activating group) is 1. The number of amides is 1. The molecule has 0 unspecified atom stereocenters. The fourth-order valence-corrected chi connectivity index (χ4v) is 3.87. The lowest BCUT2D eigenvalue weighted by molar-refractivity contribution is 0.0775. The van der Waals surface area contributed by atoms with Crippen molar-refractivity contribution in [1.29, 1.82) is 0 Å². The summed E-state index contributed by atoms with van der Waals surface area (Å²) in [4.78, 5) is 22.7. The first kappa shape index (κ1) is 22.8. The number of fused-ring (bicyclic) bond motifs is 1. The second-order valence-corrected chi connectivity index (χ2v) is 7.40. The van der Waals surface area contributed by atoms with Crippen molar-refractivity contribution in [2.45, 2.75) is 27.7 Å². The van der Waals surface area contributed by atoms with Gasteiger partial charge in [0.2, 0.25) is 5.88 Å². The fourth-order valence-electron chi connectivity index (χ4n) is 3.87. The van der Waals surface area contributed by atoms with E-state index in [0.717, 1.165) is 41.7 Å². The molecule has 0 saturated carbocycles. The molecule has 0 fully saturated rings. The maximum Gasteiger partial charge on any atom is 0.255 e. The van der Waals surface area contributed by atoms with E-state index in [4.69, 9.17) is 9.72 Å². The lowest BCUT2D eigenvalue weighted by Gasteiger charge is -2.24. The monoisotopic (exact) mass is 419 g/mol. The summed E-state index contributed by atoms with van der Waals surface area (Å²) >= 11 is 0. The van der Waals surface area contributed by atoms with Gasteiger partial charge in [0.05, 0.1) is 16.6 Å². The number of nitrogens with zero attached hydrogens (tertiary/aromatic N) is 3. The summed E-state index contributed by atoms with van der Waals surface area (Å²) < 4.78 is 6.25. The third-order valence-corrected chi connectivity index (χ3v) is 5.73. The third-order valence-electron chi connectivity index (χ3n) is 5.73. The van der Waals surface area contributed by atoms with E-state index in [9.17, 15) is 4.79 Å². The standard InChI is InChI=1S/C26H33N3O2/c1-5-28(6-2)18-19-31-25-23(20-14-10-9-11-15-20)24(26(30)29(7-3)8-4)21-16-12-13-17-22(21)27-25/h9-17H,5-8,18-19H2,1-4H3. The Hall–Kier alpha value is -2.92. The van der Waals surface area contributed by atoms with E-state index in [0.29, 0.717) is 31.1 Å². The summed E-state index contributed by atoms with van der Waals surface area (Å²) in [7, 11) is 0. The minimum atomic E-state index is 0.0102. The molecule has 3 rings (SSSR count). The van der Waals surface area contributed by atoms with Crippen LogP contribution in [0.1, 0.15) is 38.1 Å². The first-order valence-corrected chi connectivity index (χ1v) is 11.3. The average molecular weight is 420 g/mol. The van der Waals surface area contributed by atoms with Crippen LogP contribution in [0.4, 0.5) is 0 Å². The first-order valence-electron chi connectivity index (χ1n) is 11.3. The van der Waals surface area contributed by atoms with Crippen molar-refractivity contribution in [3.05, 3.63) is 60.2 Å². The highest BCUT2D eigenvalue weighted by molar-refractivity contribution is 6.12. The van der Waals surface area contributed by atoms with Gasteiger partial charge in [-0.25, -0.2) is 4.98 Å². The molecule has 0 N–H and O–H groups in total. The topological polar surface area (TPSA) is 45.7 Å². The predicted octanol–water partition coefficient (Wildman–Crippen LogP) is 5.10. The largest absolute Gasteiger partial charge is 0.476 e. The number of hydrogen-bond donors (Lipinski definition) is 0. The molecule has 0 bridgehead atoms. The molecule has 3 aromatic rings. The van der Waals surface area contributed by atoms with E-state index >= 15 is 0 Å². The highest BCUT2D eigenvalue weighted by Gasteiger charge is 2.25. The van der Waals surface area contributed by atoms with Gasteiger partial charge in [-0.15, -0.1) is 0 Å². The number of carbonyl (C=O) groups is 1. The van der Waals surface area contributed by atoms with Crippen LogP contribution in [-0.4, -0.2) is 60.0 Å². The summed E-state index contributed by atoms with van der Waals surface area (Å²) in [5.41, 5.74) is 3.15. The Balaban J connectivity index is 2.19. The minimum absolute atomic E-state index is 0.0102. The Labute approximate surface area is 185 Å². The molecule has 1 aromatic heterocycles. The second-order valence-electron chi connectivity index (χ2n) is 7.40. The van der Waals surface area contributed by atoms with E-state index in [1.807, 2.05) is 73.3 Å². The molecule has 5 nitrogen and oxygen atoms in total. The second kappa shape index (κ2) is 10.9. The normalized spacial score (nSPS) is 11.1. The van der Waals surface area contributed by atoms with Gasteiger partial charge in [-0.2, -0.15) is 0 Å². The maximum absolute atomic E-state index is 13.7. The summed E-state index contributed by atoms with van der Waals surface area (Å²) in [6.07, 6.45) is 0. The number of carbonyl (C=O) groups excluding carboxylic acids is 1. The summed E-state index contributed by atoms with van der Waals surface area (Å²) in [5.74, 6) is 0.531. The average Bonchev–Trinajstić information content (AvgIpc) is 2.82. The number of ether oxygens (including phenoxy) is 1. The van der Waals surface area contributed by atoms with E-state index in [1.165, 1.54) is 0 Å². The van der Waals surface area contributed by atoms with Gasteiger partial charge in [0, 0.05) is 25.0 Å². The predicted molar refractivity (Wildman–Crippen MR) is 128 cm³/mol. The van der Waals surface area contributed by atoms with Crippen LogP contribution in [0, 0.1) is 0 Å². The van der Waals surface area contributed by atoms with Gasteiger partial charge in [-0.1, -0.05) is 62.4 Å². The van der Waals surface area contributed by atoms with Crippen molar-refractivity contribution in [3.8, 4) is 17.0 Å². The zero-order chi connectivity index (χ0) is 22.2. The first-order chi connectivity index (χ1) is 15.1. The van der Waals surface area contributed by atoms with E-state index in [2.05, 4.69) is 18.7 Å². The van der Waals surface area contributed by atoms with Crippen molar-refractivity contribution in [3.63, 3.8) is 0 Å². The van der Waals surface area contributed by atoms with E-state index in [1.54, 1.807) is 0 Å². The van der Waals surface area contributed by atoms with E-state index in [-0.39, 0.29) is 5.91 Å². The molecule has 1 heterocycles. The Morgan fingerprint density at radius 2 is 1.52 bits per heavy atom. The van der Waals surface area contributed by atoms with E-state index < -0.39 is 0 Å². The molecule has 0 saturated heterocycles. The van der Waals surface area contributed by atoms with Crippen LogP contribution in [0.15, 0.2) is 54.6 Å². The quantitative estimate of drug-likeness (QED) is 0.458. The van der Waals surface area contributed by atoms with Gasteiger partial charge in [0.1, 0.15) is 6.61 Å². The molecule has 0 aliphatic carbocycles. The Morgan fingerprint density at radius 3 is 2.16 bits per heavy atom. The summed E-state index contributed by atoms with van der Waals surface area (Å²) in [6, 6.07) is 17.8. The number of para-hydroxylation sites is 1. The highest BCUT2D eigenvalue weighted by Crippen LogP contribution is 2.37. The van der Waals surface area contributed by atoms with Crippen LogP contribution in [0.3, 0.4) is 0 Å². The molecule has 31 heavy (non-hydrogen) atoms. The summed E-state index contributed by atoms with van der Waals surface area (Å²) in [6.45, 7) is 12.9. The van der Waals surface area contributed by atoms with Gasteiger partial charge in [-0.05, 0) is 38.6 Å². The highest BCUT2D eigenvalue weighted by atomic mass is 16.5. The molecule has 2 aromatic carbocycles. The Morgan fingerprint density at radius 1 is 0.871 bits per heavy atom. The molecule has 0 aliphatic rings. The molecule has 0 aliphatic heterocycles. The number of pyridine rings is 1. The van der Waals surface area contributed by atoms with Crippen LogP contribution in [0.2, 0.25) is 0 Å². The van der Waals surface area contributed by atoms with Crippen molar-refractivity contribution < 1.29 is 9.53 Å².